The third-order valence-electron chi connectivity index (χ3n) is 4.69. The molecule has 1 unspecified atom stereocenters. The van der Waals surface area contributed by atoms with E-state index >= 15 is 0 Å². The smallest absolute Gasteiger partial charge is 0.376 e. The molecular weight excluding hydrogens is 351 g/mol. The van der Waals surface area contributed by atoms with Crippen LogP contribution in [0.3, 0.4) is 0 Å². The summed E-state index contributed by atoms with van der Waals surface area (Å²) in [6.45, 7) is 4.58. The number of hydrogen-bond acceptors (Lipinski definition) is 3. The van der Waals surface area contributed by atoms with Crippen molar-refractivity contribution in [1.29, 1.82) is 0 Å². The van der Waals surface area contributed by atoms with Crippen LogP contribution < -0.4 is 0 Å². The largest absolute Gasteiger partial charge is 0.469 e. The molecule has 5 nitrogen and oxygen atoms in total. The molecule has 158 valence electrons. The van der Waals surface area contributed by atoms with E-state index in [2.05, 4.69) is 18.4 Å². The highest BCUT2D eigenvalue weighted by molar-refractivity contribution is 7.46. The van der Waals surface area contributed by atoms with Gasteiger partial charge in [0, 0.05) is 0 Å². The van der Waals surface area contributed by atoms with Crippen LogP contribution in [-0.2, 0) is 13.8 Å². The molecule has 0 aliphatic carbocycles. The van der Waals surface area contributed by atoms with Crippen molar-refractivity contribution >= 4 is 7.82 Å². The Kier molecular flexibility index (Phi) is 18.5. The van der Waals surface area contributed by atoms with Crippen molar-refractivity contribution in [3.05, 3.63) is 0 Å². The summed E-state index contributed by atoms with van der Waals surface area (Å²) in [6, 6.07) is 0. The molecule has 0 aliphatic rings. The molecule has 6 heteroatoms. The average Bonchev–Trinajstić information content (AvgIpc) is 2.58. The summed E-state index contributed by atoms with van der Waals surface area (Å²) in [5, 5.41) is 0. The Bertz CT molecular complexity index is 332. The first-order valence-corrected chi connectivity index (χ1v) is 12.3. The lowest BCUT2D eigenvalue weighted by Gasteiger charge is -2.17. The fourth-order valence-corrected chi connectivity index (χ4v) is 3.53. The average molecular weight is 395 g/mol. The summed E-state index contributed by atoms with van der Waals surface area (Å²) in [4.78, 5) is 17.3. The first-order valence-electron chi connectivity index (χ1n) is 10.8. The minimum atomic E-state index is -4.37. The van der Waals surface area contributed by atoms with Crippen molar-refractivity contribution in [3.8, 4) is 0 Å². The molecule has 0 saturated heterocycles. The molecular formula is C20H43O5P. The predicted molar refractivity (Wildman–Crippen MR) is 108 cm³/mol. The Morgan fingerprint density at radius 2 is 1.19 bits per heavy atom. The molecule has 0 aliphatic heterocycles. The molecule has 0 spiro atoms. The minimum absolute atomic E-state index is 0.0526. The SMILES string of the molecule is CCCCCCCCCCCCCCC(CCC)OCCOP(=O)(O)O. The molecule has 26 heavy (non-hydrogen) atoms. The van der Waals surface area contributed by atoms with Gasteiger partial charge in [-0.3, -0.25) is 4.52 Å². The van der Waals surface area contributed by atoms with Crippen LogP contribution in [0.2, 0.25) is 0 Å². The number of hydrogen-bond donors (Lipinski definition) is 2. The molecule has 0 fully saturated rings. The van der Waals surface area contributed by atoms with Gasteiger partial charge in [0.05, 0.1) is 19.3 Å². The zero-order chi connectivity index (χ0) is 19.5. The summed E-state index contributed by atoms with van der Waals surface area (Å²) < 4.78 is 20.7. The van der Waals surface area contributed by atoms with Gasteiger partial charge in [0.15, 0.2) is 0 Å². The second-order valence-electron chi connectivity index (χ2n) is 7.28. The van der Waals surface area contributed by atoms with Gasteiger partial charge in [-0.2, -0.15) is 0 Å². The second-order valence-corrected chi connectivity index (χ2v) is 8.52. The maximum Gasteiger partial charge on any atom is 0.469 e. The van der Waals surface area contributed by atoms with Crippen LogP contribution in [0.1, 0.15) is 110 Å². The number of rotatable bonds is 20. The molecule has 0 aromatic carbocycles. The Balaban J connectivity index is 3.46. The van der Waals surface area contributed by atoms with E-state index in [0.29, 0.717) is 0 Å². The topological polar surface area (TPSA) is 76.0 Å². The normalized spacial score (nSPS) is 13.2. The molecule has 0 amide bonds. The van der Waals surface area contributed by atoms with Gasteiger partial charge in [-0.1, -0.05) is 97.3 Å². The summed E-state index contributed by atoms with van der Waals surface area (Å²) in [7, 11) is -4.37. The van der Waals surface area contributed by atoms with Crippen LogP contribution in [0.4, 0.5) is 0 Å². The number of phosphoric ester groups is 1. The molecule has 0 rings (SSSR count). The Morgan fingerprint density at radius 1 is 0.692 bits per heavy atom. The van der Waals surface area contributed by atoms with E-state index in [0.717, 1.165) is 19.3 Å². The first kappa shape index (κ1) is 26.1. The van der Waals surface area contributed by atoms with E-state index < -0.39 is 7.82 Å². The van der Waals surface area contributed by atoms with Crippen molar-refractivity contribution in [3.63, 3.8) is 0 Å². The lowest BCUT2D eigenvalue weighted by atomic mass is 10.0. The second kappa shape index (κ2) is 18.4. The summed E-state index contributed by atoms with van der Waals surface area (Å²) in [5.41, 5.74) is 0. The van der Waals surface area contributed by atoms with Gasteiger partial charge < -0.3 is 14.5 Å². The Labute approximate surface area is 161 Å². The maximum absolute atomic E-state index is 10.6. The Hall–Kier alpha value is 0.0700. The molecule has 1 atom stereocenters. The predicted octanol–water partition coefficient (Wildman–Crippen LogP) is 6.37. The van der Waals surface area contributed by atoms with Gasteiger partial charge in [0.2, 0.25) is 0 Å². The molecule has 0 saturated carbocycles. The highest BCUT2D eigenvalue weighted by Gasteiger charge is 2.14. The van der Waals surface area contributed by atoms with Crippen molar-refractivity contribution in [1.82, 2.24) is 0 Å². The van der Waals surface area contributed by atoms with Crippen LogP contribution in [0.25, 0.3) is 0 Å². The summed E-state index contributed by atoms with van der Waals surface area (Å²) >= 11 is 0. The van der Waals surface area contributed by atoms with Crippen molar-refractivity contribution in [2.45, 2.75) is 116 Å². The Morgan fingerprint density at radius 3 is 1.65 bits per heavy atom. The molecule has 0 heterocycles. The van der Waals surface area contributed by atoms with E-state index in [1.165, 1.54) is 77.0 Å². The number of phosphoric acid groups is 1. The van der Waals surface area contributed by atoms with Crippen molar-refractivity contribution in [2.24, 2.45) is 0 Å². The van der Waals surface area contributed by atoms with Crippen LogP contribution in [0.15, 0.2) is 0 Å². The lowest BCUT2D eigenvalue weighted by molar-refractivity contribution is 0.0169. The van der Waals surface area contributed by atoms with E-state index in [4.69, 9.17) is 14.5 Å². The molecule has 0 aromatic rings. The summed E-state index contributed by atoms with van der Waals surface area (Å²) in [5.74, 6) is 0. The standard InChI is InChI=1S/C20H43O5P/c1-3-5-6-7-8-9-10-11-12-13-14-15-17-20(16-4-2)24-18-19-25-26(21,22)23/h20H,3-19H2,1-2H3,(H2,21,22,23). The number of unbranched alkanes of at least 4 members (excludes halogenated alkanes) is 11. The highest BCUT2D eigenvalue weighted by atomic mass is 31.2. The zero-order valence-corrected chi connectivity index (χ0v) is 18.1. The van der Waals surface area contributed by atoms with Crippen LogP contribution in [0.5, 0.6) is 0 Å². The molecule has 0 aromatic heterocycles. The van der Waals surface area contributed by atoms with Crippen molar-refractivity contribution < 1.29 is 23.6 Å². The third kappa shape index (κ3) is 20.4. The van der Waals surface area contributed by atoms with Gasteiger partial charge >= 0.3 is 7.82 Å². The quantitative estimate of drug-likeness (QED) is 0.185. The van der Waals surface area contributed by atoms with Gasteiger partial charge in [0.25, 0.3) is 0 Å². The van der Waals surface area contributed by atoms with E-state index in [1.54, 1.807) is 0 Å². The molecule has 0 radical (unpaired) electrons. The molecule has 2 N–H and O–H groups in total. The molecule has 0 bridgehead atoms. The lowest BCUT2D eigenvalue weighted by Crippen LogP contribution is -2.16. The fraction of sp³-hybridized carbons (Fsp3) is 1.00. The summed E-state index contributed by atoms with van der Waals surface area (Å²) in [6.07, 6.45) is 19.4. The van der Waals surface area contributed by atoms with E-state index in [9.17, 15) is 4.57 Å². The van der Waals surface area contributed by atoms with Crippen LogP contribution in [0, 0.1) is 0 Å². The van der Waals surface area contributed by atoms with Crippen LogP contribution >= 0.6 is 7.82 Å². The first-order chi connectivity index (χ1) is 12.5. The van der Waals surface area contributed by atoms with E-state index in [-0.39, 0.29) is 19.3 Å². The van der Waals surface area contributed by atoms with Crippen LogP contribution in [-0.4, -0.2) is 29.1 Å². The highest BCUT2D eigenvalue weighted by Crippen LogP contribution is 2.35. The minimum Gasteiger partial charge on any atom is -0.376 e. The van der Waals surface area contributed by atoms with E-state index in [1.807, 2.05) is 0 Å². The monoisotopic (exact) mass is 394 g/mol. The van der Waals surface area contributed by atoms with Gasteiger partial charge in [-0.25, -0.2) is 4.57 Å². The fourth-order valence-electron chi connectivity index (χ4n) is 3.22. The zero-order valence-electron chi connectivity index (χ0n) is 17.2. The van der Waals surface area contributed by atoms with Crippen molar-refractivity contribution in [2.75, 3.05) is 13.2 Å². The van der Waals surface area contributed by atoms with Gasteiger partial charge in [-0.05, 0) is 12.8 Å². The van der Waals surface area contributed by atoms with Gasteiger partial charge in [0.1, 0.15) is 0 Å². The maximum atomic E-state index is 10.6. The van der Waals surface area contributed by atoms with Gasteiger partial charge in [-0.15, -0.1) is 0 Å². The third-order valence-corrected chi connectivity index (χ3v) is 5.21. The number of ether oxygens (including phenoxy) is 1.